The van der Waals surface area contributed by atoms with Crippen molar-refractivity contribution in [3.8, 4) is 0 Å². The molecule has 6 heteroatoms. The lowest BCUT2D eigenvalue weighted by Gasteiger charge is -2.21. The molecule has 2 atom stereocenters. The normalized spacial score (nSPS) is 14.2. The molecule has 0 aliphatic heterocycles. The molecule has 1 rings (SSSR count). The molecule has 0 amide bonds. The maximum absolute atomic E-state index is 12.1. The van der Waals surface area contributed by atoms with E-state index >= 15 is 0 Å². The van der Waals surface area contributed by atoms with E-state index in [1.165, 1.54) is 0 Å². The molecule has 0 aliphatic rings. The Hall–Kier alpha value is -1.01. The van der Waals surface area contributed by atoms with Crippen molar-refractivity contribution in [1.29, 1.82) is 0 Å². The third-order valence-corrected chi connectivity index (χ3v) is 3.95. The highest BCUT2D eigenvalue weighted by molar-refractivity contribution is 7.99. The van der Waals surface area contributed by atoms with E-state index in [2.05, 4.69) is 10.3 Å². The van der Waals surface area contributed by atoms with Gasteiger partial charge in [0.2, 0.25) is 0 Å². The number of hydrogen-bond acceptors (Lipinski definition) is 5. The Morgan fingerprint density at radius 3 is 2.89 bits per heavy atom. The highest BCUT2D eigenvalue weighted by atomic mass is 32.2. The number of aliphatic hydroxyl groups excluding tert-OH is 1. The molecule has 0 spiro atoms. The lowest BCUT2D eigenvalue weighted by Crippen LogP contribution is -2.35. The van der Waals surface area contributed by atoms with E-state index in [-0.39, 0.29) is 23.5 Å². The Balaban J connectivity index is 2.84. The predicted molar refractivity (Wildman–Crippen MR) is 76.3 cm³/mol. The van der Waals surface area contributed by atoms with Crippen molar-refractivity contribution in [1.82, 2.24) is 9.55 Å². The highest BCUT2D eigenvalue weighted by Crippen LogP contribution is 2.13. The van der Waals surface area contributed by atoms with Gasteiger partial charge < -0.3 is 15.0 Å². The SMILES string of the molecule is CCCn1ccnc(NC(C)C(CO)SC)c1=O. The first-order valence-electron chi connectivity index (χ1n) is 6.09. The third kappa shape index (κ3) is 3.74. The predicted octanol–water partition coefficient (Wildman–Crippen LogP) is 1.18. The molecule has 1 heterocycles. The van der Waals surface area contributed by atoms with Gasteiger partial charge in [-0.3, -0.25) is 4.79 Å². The second kappa shape index (κ2) is 7.43. The summed E-state index contributed by atoms with van der Waals surface area (Å²) in [4.78, 5) is 16.1. The molecule has 1 aromatic heterocycles. The van der Waals surface area contributed by atoms with Crippen LogP contribution in [0.3, 0.4) is 0 Å². The van der Waals surface area contributed by atoms with E-state index < -0.39 is 0 Å². The van der Waals surface area contributed by atoms with E-state index in [1.54, 1.807) is 28.7 Å². The van der Waals surface area contributed by atoms with Crippen LogP contribution in [0.15, 0.2) is 17.2 Å². The Labute approximate surface area is 112 Å². The van der Waals surface area contributed by atoms with Crippen molar-refractivity contribution in [2.45, 2.75) is 38.1 Å². The molecule has 0 aliphatic carbocycles. The summed E-state index contributed by atoms with van der Waals surface area (Å²) in [5.74, 6) is 0.353. The first-order valence-corrected chi connectivity index (χ1v) is 7.38. The Morgan fingerprint density at radius 2 is 2.33 bits per heavy atom. The van der Waals surface area contributed by atoms with Crippen molar-refractivity contribution in [2.75, 3.05) is 18.2 Å². The fourth-order valence-corrected chi connectivity index (χ4v) is 2.33. The summed E-state index contributed by atoms with van der Waals surface area (Å²) >= 11 is 1.57. The number of hydrogen-bond donors (Lipinski definition) is 2. The van der Waals surface area contributed by atoms with Crippen LogP contribution < -0.4 is 10.9 Å². The molecular weight excluding hydrogens is 250 g/mol. The molecule has 2 unspecified atom stereocenters. The number of rotatable bonds is 7. The van der Waals surface area contributed by atoms with Crippen LogP contribution in [0, 0.1) is 0 Å². The Kier molecular flexibility index (Phi) is 6.21. The van der Waals surface area contributed by atoms with Crippen LogP contribution in [0.25, 0.3) is 0 Å². The smallest absolute Gasteiger partial charge is 0.293 e. The second-order valence-electron chi connectivity index (χ2n) is 4.16. The van der Waals surface area contributed by atoms with Gasteiger partial charge in [-0.1, -0.05) is 6.92 Å². The van der Waals surface area contributed by atoms with Crippen molar-refractivity contribution >= 4 is 17.6 Å². The van der Waals surface area contributed by atoms with Crippen LogP contribution in [-0.2, 0) is 6.54 Å². The van der Waals surface area contributed by atoms with Crippen LogP contribution in [-0.4, -0.2) is 38.8 Å². The van der Waals surface area contributed by atoms with Gasteiger partial charge in [-0.25, -0.2) is 4.98 Å². The third-order valence-electron chi connectivity index (χ3n) is 2.78. The number of nitrogens with zero attached hydrogens (tertiary/aromatic N) is 2. The Morgan fingerprint density at radius 1 is 1.61 bits per heavy atom. The lowest BCUT2D eigenvalue weighted by molar-refractivity contribution is 0.288. The molecule has 0 radical (unpaired) electrons. The van der Waals surface area contributed by atoms with Crippen molar-refractivity contribution in [2.24, 2.45) is 0 Å². The van der Waals surface area contributed by atoms with Crippen LogP contribution in [0.4, 0.5) is 5.82 Å². The molecule has 102 valence electrons. The van der Waals surface area contributed by atoms with Gasteiger partial charge in [0.1, 0.15) is 0 Å². The fourth-order valence-electron chi connectivity index (χ4n) is 1.71. The summed E-state index contributed by atoms with van der Waals surface area (Å²) < 4.78 is 1.65. The summed E-state index contributed by atoms with van der Waals surface area (Å²) in [5.41, 5.74) is -0.107. The number of anilines is 1. The minimum atomic E-state index is -0.107. The largest absolute Gasteiger partial charge is 0.395 e. The van der Waals surface area contributed by atoms with Crippen molar-refractivity contribution < 1.29 is 5.11 Å². The zero-order chi connectivity index (χ0) is 13.5. The van der Waals surface area contributed by atoms with Gasteiger partial charge in [0.25, 0.3) is 5.56 Å². The molecule has 0 aromatic carbocycles. The second-order valence-corrected chi connectivity index (χ2v) is 5.24. The molecule has 0 fully saturated rings. The molecule has 5 nitrogen and oxygen atoms in total. The quantitative estimate of drug-likeness (QED) is 0.779. The number of aryl methyl sites for hydroxylation is 1. The van der Waals surface area contributed by atoms with Gasteiger partial charge in [0, 0.05) is 30.2 Å². The Bertz CT molecular complexity index is 418. The highest BCUT2D eigenvalue weighted by Gasteiger charge is 2.17. The molecule has 18 heavy (non-hydrogen) atoms. The van der Waals surface area contributed by atoms with E-state index in [0.717, 1.165) is 6.42 Å². The average molecular weight is 271 g/mol. The maximum Gasteiger partial charge on any atom is 0.293 e. The summed E-state index contributed by atoms with van der Waals surface area (Å²) in [5, 5.41) is 12.4. The minimum absolute atomic E-state index is 0.0114. The summed E-state index contributed by atoms with van der Waals surface area (Å²) in [6, 6.07) is -0.0114. The monoisotopic (exact) mass is 271 g/mol. The van der Waals surface area contributed by atoms with E-state index in [9.17, 15) is 9.90 Å². The van der Waals surface area contributed by atoms with E-state index in [4.69, 9.17) is 0 Å². The minimum Gasteiger partial charge on any atom is -0.395 e. The first kappa shape index (κ1) is 15.0. The molecular formula is C12H21N3O2S. The maximum atomic E-state index is 12.1. The average Bonchev–Trinajstić information content (AvgIpc) is 2.36. The fraction of sp³-hybridized carbons (Fsp3) is 0.667. The zero-order valence-corrected chi connectivity index (χ0v) is 11.9. The van der Waals surface area contributed by atoms with Gasteiger partial charge in [0.05, 0.1) is 6.61 Å². The van der Waals surface area contributed by atoms with E-state index in [1.807, 2.05) is 20.1 Å². The number of thioether (sulfide) groups is 1. The van der Waals surface area contributed by atoms with Gasteiger partial charge in [-0.2, -0.15) is 11.8 Å². The standard InChI is InChI=1S/C12H21N3O2S/c1-4-6-15-7-5-13-11(12(15)17)14-9(2)10(8-16)18-3/h5,7,9-10,16H,4,6,8H2,1-3H3,(H,13,14). The lowest BCUT2D eigenvalue weighted by atomic mass is 10.2. The summed E-state index contributed by atoms with van der Waals surface area (Å²) in [6.07, 6.45) is 6.16. The molecule has 2 N–H and O–H groups in total. The van der Waals surface area contributed by atoms with Crippen molar-refractivity contribution in [3.63, 3.8) is 0 Å². The van der Waals surface area contributed by atoms with Crippen LogP contribution in [0.5, 0.6) is 0 Å². The van der Waals surface area contributed by atoms with Gasteiger partial charge >= 0.3 is 0 Å². The van der Waals surface area contributed by atoms with Crippen molar-refractivity contribution in [3.05, 3.63) is 22.7 Å². The van der Waals surface area contributed by atoms with Gasteiger partial charge in [0.15, 0.2) is 5.82 Å². The molecule has 0 saturated carbocycles. The summed E-state index contributed by atoms with van der Waals surface area (Å²) in [7, 11) is 0. The topological polar surface area (TPSA) is 67.2 Å². The van der Waals surface area contributed by atoms with Crippen LogP contribution in [0.2, 0.25) is 0 Å². The van der Waals surface area contributed by atoms with Gasteiger partial charge in [-0.05, 0) is 19.6 Å². The van der Waals surface area contributed by atoms with Gasteiger partial charge in [-0.15, -0.1) is 0 Å². The molecule has 1 aromatic rings. The number of aliphatic hydroxyl groups is 1. The van der Waals surface area contributed by atoms with Crippen LogP contribution >= 0.6 is 11.8 Å². The zero-order valence-electron chi connectivity index (χ0n) is 11.1. The van der Waals surface area contributed by atoms with Crippen LogP contribution in [0.1, 0.15) is 20.3 Å². The number of aromatic nitrogens is 2. The number of nitrogens with one attached hydrogen (secondary N) is 1. The first-order chi connectivity index (χ1) is 8.63. The molecule has 0 saturated heterocycles. The van der Waals surface area contributed by atoms with E-state index in [0.29, 0.717) is 12.4 Å². The molecule has 0 bridgehead atoms. The summed E-state index contributed by atoms with van der Waals surface area (Å²) in [6.45, 7) is 4.73.